The molecule has 1 rings (SSSR count). The molecule has 0 aliphatic heterocycles. The molecule has 1 aromatic rings. The van der Waals surface area contributed by atoms with Crippen molar-refractivity contribution in [3.63, 3.8) is 0 Å². The topological polar surface area (TPSA) is 43.8 Å². The lowest BCUT2D eigenvalue weighted by molar-refractivity contribution is 0.602. The molecular weight excluding hydrogens is 162 g/mol. The van der Waals surface area contributed by atoms with Crippen molar-refractivity contribution in [2.75, 3.05) is 6.54 Å². The molecule has 0 bridgehead atoms. The van der Waals surface area contributed by atoms with Crippen LogP contribution in [-0.4, -0.2) is 16.3 Å². The maximum atomic E-state index is 5.49. The van der Waals surface area contributed by atoms with Crippen molar-refractivity contribution in [3.8, 4) is 0 Å². The first-order valence-corrected chi connectivity index (χ1v) is 4.66. The fourth-order valence-corrected chi connectivity index (χ4v) is 1.15. The van der Waals surface area contributed by atoms with E-state index in [4.69, 9.17) is 5.73 Å². The van der Waals surface area contributed by atoms with Gasteiger partial charge in [0.15, 0.2) is 0 Å². The molecule has 0 amide bonds. The Morgan fingerprint density at radius 2 is 2.46 bits per heavy atom. The van der Waals surface area contributed by atoms with Crippen LogP contribution < -0.4 is 5.73 Å². The zero-order chi connectivity index (χ0) is 9.68. The van der Waals surface area contributed by atoms with Gasteiger partial charge in [0.1, 0.15) is 0 Å². The number of hydrogen-bond donors (Lipinski definition) is 1. The van der Waals surface area contributed by atoms with E-state index >= 15 is 0 Å². The summed E-state index contributed by atoms with van der Waals surface area (Å²) in [6.07, 6.45) is 7.09. The van der Waals surface area contributed by atoms with Gasteiger partial charge in [-0.15, -0.1) is 0 Å². The molecule has 0 aromatic carbocycles. The summed E-state index contributed by atoms with van der Waals surface area (Å²) in [5.41, 5.74) is 7.80. The Bertz CT molecular complexity index is 286. The molecule has 13 heavy (non-hydrogen) atoms. The van der Waals surface area contributed by atoms with Crippen LogP contribution in [0.2, 0.25) is 0 Å². The average molecular weight is 179 g/mol. The van der Waals surface area contributed by atoms with Crippen molar-refractivity contribution in [2.24, 2.45) is 5.73 Å². The van der Waals surface area contributed by atoms with E-state index in [1.165, 1.54) is 5.57 Å². The molecule has 1 heterocycles. The van der Waals surface area contributed by atoms with Gasteiger partial charge in [-0.3, -0.25) is 4.68 Å². The molecule has 0 radical (unpaired) electrons. The van der Waals surface area contributed by atoms with E-state index in [1.54, 1.807) is 0 Å². The predicted molar refractivity (Wildman–Crippen MR) is 55.2 cm³/mol. The minimum Gasteiger partial charge on any atom is -0.327 e. The zero-order valence-electron chi connectivity index (χ0n) is 8.33. The summed E-state index contributed by atoms with van der Waals surface area (Å²) >= 11 is 0. The molecule has 0 aliphatic rings. The summed E-state index contributed by atoms with van der Waals surface area (Å²) in [7, 11) is 0. The summed E-state index contributed by atoms with van der Waals surface area (Å²) in [6.45, 7) is 5.76. The Morgan fingerprint density at radius 1 is 1.69 bits per heavy atom. The van der Waals surface area contributed by atoms with Gasteiger partial charge < -0.3 is 5.73 Å². The number of rotatable bonds is 4. The van der Waals surface area contributed by atoms with Crippen molar-refractivity contribution in [1.29, 1.82) is 0 Å². The van der Waals surface area contributed by atoms with Gasteiger partial charge in [-0.2, -0.15) is 5.10 Å². The van der Waals surface area contributed by atoms with Crippen LogP contribution in [0.25, 0.3) is 6.08 Å². The molecule has 72 valence electrons. The van der Waals surface area contributed by atoms with Gasteiger partial charge >= 0.3 is 0 Å². The van der Waals surface area contributed by atoms with E-state index in [0.29, 0.717) is 6.54 Å². The highest BCUT2D eigenvalue weighted by Crippen LogP contribution is 2.04. The third kappa shape index (κ3) is 3.03. The van der Waals surface area contributed by atoms with Gasteiger partial charge in [0, 0.05) is 24.8 Å². The minimum absolute atomic E-state index is 0.610. The first-order chi connectivity index (χ1) is 6.26. The van der Waals surface area contributed by atoms with Crippen molar-refractivity contribution < 1.29 is 0 Å². The van der Waals surface area contributed by atoms with Crippen LogP contribution in [0, 0.1) is 0 Å². The quantitative estimate of drug-likeness (QED) is 0.763. The van der Waals surface area contributed by atoms with Crippen molar-refractivity contribution >= 4 is 6.08 Å². The van der Waals surface area contributed by atoms with Crippen molar-refractivity contribution in [3.05, 3.63) is 23.5 Å². The summed E-state index contributed by atoms with van der Waals surface area (Å²) in [5.74, 6) is 0. The van der Waals surface area contributed by atoms with Crippen LogP contribution in [0.3, 0.4) is 0 Å². The Balaban J connectivity index is 2.68. The minimum atomic E-state index is 0.610. The Kier molecular flexibility index (Phi) is 3.71. The summed E-state index contributed by atoms with van der Waals surface area (Å²) in [6, 6.07) is 0. The fraction of sp³-hybridized carbons (Fsp3) is 0.500. The Hall–Kier alpha value is -1.09. The predicted octanol–water partition coefficient (Wildman–Crippen LogP) is 1.66. The molecule has 3 heteroatoms. The van der Waals surface area contributed by atoms with Gasteiger partial charge in [-0.05, 0) is 13.3 Å². The van der Waals surface area contributed by atoms with Gasteiger partial charge in [0.25, 0.3) is 0 Å². The lowest BCUT2D eigenvalue weighted by Crippen LogP contribution is -1.99. The first-order valence-electron chi connectivity index (χ1n) is 4.66. The summed E-state index contributed by atoms with van der Waals surface area (Å²) in [4.78, 5) is 0. The Morgan fingerprint density at radius 3 is 3.08 bits per heavy atom. The summed E-state index contributed by atoms with van der Waals surface area (Å²) < 4.78 is 1.95. The van der Waals surface area contributed by atoms with Crippen LogP contribution in [-0.2, 0) is 6.54 Å². The zero-order valence-corrected chi connectivity index (χ0v) is 8.33. The monoisotopic (exact) mass is 179 g/mol. The lowest BCUT2D eigenvalue weighted by Gasteiger charge is -1.94. The third-order valence-corrected chi connectivity index (χ3v) is 1.84. The molecule has 0 aliphatic carbocycles. The van der Waals surface area contributed by atoms with Crippen molar-refractivity contribution in [2.45, 2.75) is 26.8 Å². The van der Waals surface area contributed by atoms with E-state index < -0.39 is 0 Å². The molecular formula is C10H17N3. The maximum Gasteiger partial charge on any atom is 0.0562 e. The molecule has 0 saturated heterocycles. The number of hydrogen-bond acceptors (Lipinski definition) is 2. The second-order valence-corrected chi connectivity index (χ2v) is 3.23. The molecule has 0 atom stereocenters. The van der Waals surface area contributed by atoms with E-state index in [-0.39, 0.29) is 0 Å². The number of aromatic nitrogens is 2. The van der Waals surface area contributed by atoms with Crippen molar-refractivity contribution in [1.82, 2.24) is 9.78 Å². The normalized spacial score (nSPS) is 12.1. The van der Waals surface area contributed by atoms with Gasteiger partial charge in [-0.1, -0.05) is 18.6 Å². The van der Waals surface area contributed by atoms with Gasteiger partial charge in [0.2, 0.25) is 0 Å². The molecule has 0 saturated carbocycles. The second-order valence-electron chi connectivity index (χ2n) is 3.23. The second kappa shape index (κ2) is 4.82. The molecule has 0 fully saturated rings. The summed E-state index contributed by atoms with van der Waals surface area (Å²) in [5, 5.41) is 4.22. The molecule has 0 unspecified atom stereocenters. The van der Waals surface area contributed by atoms with Crippen LogP contribution >= 0.6 is 0 Å². The molecule has 0 spiro atoms. The number of nitrogens with zero attached hydrogens (tertiary/aromatic N) is 2. The van der Waals surface area contributed by atoms with Gasteiger partial charge in [-0.25, -0.2) is 0 Å². The smallest absolute Gasteiger partial charge is 0.0562 e. The van der Waals surface area contributed by atoms with E-state index in [1.807, 2.05) is 24.0 Å². The molecule has 3 nitrogen and oxygen atoms in total. The highest BCUT2D eigenvalue weighted by molar-refractivity contribution is 5.50. The van der Waals surface area contributed by atoms with Crippen LogP contribution in [0.5, 0.6) is 0 Å². The largest absolute Gasteiger partial charge is 0.327 e. The standard InChI is InChI=1S/C10H17N3/c1-3-4-13-8-10(7-12-13)5-9(2)6-11/h5,7-8H,3-4,6,11H2,1-2H3/b9-5-. The lowest BCUT2D eigenvalue weighted by atomic mass is 10.2. The van der Waals surface area contributed by atoms with E-state index in [9.17, 15) is 0 Å². The third-order valence-electron chi connectivity index (χ3n) is 1.84. The van der Waals surface area contributed by atoms with Crippen LogP contribution in [0.4, 0.5) is 0 Å². The molecule has 1 aromatic heterocycles. The van der Waals surface area contributed by atoms with Gasteiger partial charge in [0.05, 0.1) is 6.20 Å². The molecule has 2 N–H and O–H groups in total. The van der Waals surface area contributed by atoms with Crippen LogP contribution in [0.15, 0.2) is 18.0 Å². The number of aryl methyl sites for hydroxylation is 1. The SMILES string of the molecule is CCCn1cc(/C=C(/C)CN)cn1. The fourth-order valence-electron chi connectivity index (χ4n) is 1.15. The first kappa shape index (κ1) is 9.99. The van der Waals surface area contributed by atoms with E-state index in [2.05, 4.69) is 18.1 Å². The van der Waals surface area contributed by atoms with E-state index in [0.717, 1.165) is 18.5 Å². The maximum absolute atomic E-state index is 5.49. The number of nitrogens with two attached hydrogens (primary N) is 1. The highest BCUT2D eigenvalue weighted by atomic mass is 15.3. The Labute approximate surface area is 79.2 Å². The van der Waals surface area contributed by atoms with Crippen LogP contribution in [0.1, 0.15) is 25.8 Å². The average Bonchev–Trinajstić information content (AvgIpc) is 2.53. The highest BCUT2D eigenvalue weighted by Gasteiger charge is 1.94.